The highest BCUT2D eigenvalue weighted by atomic mass is 16.6. The summed E-state index contributed by atoms with van der Waals surface area (Å²) in [6, 6.07) is 9.69. The minimum Gasteiger partial charge on any atom is -0.486 e. The number of anilines is 2. The molecular weight excluding hydrogens is 404 g/mol. The van der Waals surface area contributed by atoms with Gasteiger partial charge in [-0.3, -0.25) is 19.7 Å². The van der Waals surface area contributed by atoms with Crippen molar-refractivity contribution in [2.45, 2.75) is 13.8 Å². The summed E-state index contributed by atoms with van der Waals surface area (Å²) in [5.41, 5.74) is 1.38. The Morgan fingerprint density at radius 2 is 1.58 bits per heavy atom. The molecule has 31 heavy (non-hydrogen) atoms. The lowest BCUT2D eigenvalue weighted by molar-refractivity contribution is -0.881. The summed E-state index contributed by atoms with van der Waals surface area (Å²) in [7, 11) is 0. The highest BCUT2D eigenvalue weighted by Crippen LogP contribution is 2.32. The van der Waals surface area contributed by atoms with E-state index in [9.17, 15) is 19.7 Å². The molecular formula is C21H25N4O6+. The van der Waals surface area contributed by atoms with E-state index in [-0.39, 0.29) is 30.6 Å². The van der Waals surface area contributed by atoms with Crippen LogP contribution in [0.3, 0.4) is 0 Å². The molecule has 3 rings (SSSR count). The third kappa shape index (κ3) is 5.92. The summed E-state index contributed by atoms with van der Waals surface area (Å²) in [5, 5.41) is 16.5. The van der Waals surface area contributed by atoms with E-state index in [1.807, 2.05) is 6.92 Å². The van der Waals surface area contributed by atoms with Crippen LogP contribution >= 0.6 is 0 Å². The smallest absolute Gasteiger partial charge is 0.279 e. The van der Waals surface area contributed by atoms with Crippen LogP contribution in [0.4, 0.5) is 17.1 Å². The molecule has 1 atom stereocenters. The van der Waals surface area contributed by atoms with Gasteiger partial charge in [-0.05, 0) is 32.0 Å². The van der Waals surface area contributed by atoms with E-state index in [1.165, 1.54) is 6.07 Å². The number of amides is 2. The van der Waals surface area contributed by atoms with Gasteiger partial charge in [0.1, 0.15) is 13.2 Å². The van der Waals surface area contributed by atoms with E-state index in [0.717, 1.165) is 4.90 Å². The average Bonchev–Trinajstić information content (AvgIpc) is 2.74. The van der Waals surface area contributed by atoms with Gasteiger partial charge in [-0.25, -0.2) is 0 Å². The van der Waals surface area contributed by atoms with Crippen LogP contribution in [0.25, 0.3) is 0 Å². The molecule has 10 nitrogen and oxygen atoms in total. The lowest BCUT2D eigenvalue weighted by Gasteiger charge is -2.20. The fourth-order valence-electron chi connectivity index (χ4n) is 3.18. The Morgan fingerprint density at radius 3 is 2.19 bits per heavy atom. The number of carbonyl (C=O) groups is 2. The number of quaternary nitrogens is 1. The number of carbonyl (C=O) groups excluding carboxylic acids is 2. The monoisotopic (exact) mass is 429 g/mol. The molecule has 2 aromatic rings. The van der Waals surface area contributed by atoms with Crippen molar-refractivity contribution in [3.63, 3.8) is 0 Å². The maximum Gasteiger partial charge on any atom is 0.279 e. The molecule has 0 saturated carbocycles. The van der Waals surface area contributed by atoms with Crippen molar-refractivity contribution in [1.82, 2.24) is 0 Å². The molecule has 10 heteroatoms. The van der Waals surface area contributed by atoms with Gasteiger partial charge < -0.3 is 25.0 Å². The molecule has 164 valence electrons. The van der Waals surface area contributed by atoms with Crippen molar-refractivity contribution < 1.29 is 28.9 Å². The molecule has 0 bridgehead atoms. The van der Waals surface area contributed by atoms with Crippen molar-refractivity contribution in [2.24, 2.45) is 0 Å². The molecule has 1 heterocycles. The lowest BCUT2D eigenvalue weighted by atomic mass is 10.2. The van der Waals surface area contributed by atoms with Crippen LogP contribution in [0, 0.1) is 17.0 Å². The largest absolute Gasteiger partial charge is 0.486 e. The van der Waals surface area contributed by atoms with Gasteiger partial charge in [-0.15, -0.1) is 0 Å². The van der Waals surface area contributed by atoms with E-state index in [4.69, 9.17) is 9.47 Å². The summed E-state index contributed by atoms with van der Waals surface area (Å²) in [6.07, 6.45) is 0. The van der Waals surface area contributed by atoms with Crippen LogP contribution < -0.4 is 25.0 Å². The van der Waals surface area contributed by atoms with Crippen molar-refractivity contribution in [3.8, 4) is 11.5 Å². The molecule has 3 N–H and O–H groups in total. The lowest BCUT2D eigenvalue weighted by Crippen LogP contribution is -3.13. The van der Waals surface area contributed by atoms with Crippen LogP contribution in [0.5, 0.6) is 11.5 Å². The van der Waals surface area contributed by atoms with Gasteiger partial charge in [0, 0.05) is 29.1 Å². The first kappa shape index (κ1) is 22.0. The Bertz CT molecular complexity index is 994. The van der Waals surface area contributed by atoms with Crippen LogP contribution in [-0.2, 0) is 9.59 Å². The van der Waals surface area contributed by atoms with Gasteiger partial charge in [0.25, 0.3) is 17.5 Å². The van der Waals surface area contributed by atoms with Gasteiger partial charge in [0.15, 0.2) is 24.6 Å². The number of fused-ring (bicyclic) bond motifs is 1. The number of nitro benzene ring substituents is 1. The summed E-state index contributed by atoms with van der Waals surface area (Å²) in [5.74, 6) is 0.641. The van der Waals surface area contributed by atoms with Crippen molar-refractivity contribution in [3.05, 3.63) is 52.1 Å². The van der Waals surface area contributed by atoms with Gasteiger partial charge in [0.2, 0.25) is 0 Å². The first-order valence-electron chi connectivity index (χ1n) is 9.93. The fraction of sp³-hybridized carbons (Fsp3) is 0.333. The number of hydrogen-bond acceptors (Lipinski definition) is 6. The number of rotatable bonds is 8. The van der Waals surface area contributed by atoms with Crippen LogP contribution in [0.1, 0.15) is 12.5 Å². The number of aryl methyl sites for hydroxylation is 1. The molecule has 1 aliphatic rings. The average molecular weight is 429 g/mol. The Hall–Kier alpha value is -3.66. The third-order valence-electron chi connectivity index (χ3n) is 4.84. The quantitative estimate of drug-likeness (QED) is 0.427. The maximum atomic E-state index is 12.4. The highest BCUT2D eigenvalue weighted by Gasteiger charge is 2.19. The van der Waals surface area contributed by atoms with E-state index in [0.29, 0.717) is 48.2 Å². The Morgan fingerprint density at radius 1 is 1.00 bits per heavy atom. The molecule has 0 spiro atoms. The standard InChI is InChI=1S/C21H24N4O6/c1-3-24(12-20(26)22-15-5-4-14(2)17(10-15)25(28)29)13-21(27)23-16-6-7-18-19(11-16)31-9-8-30-18/h4-7,10-11H,3,8-9,12-13H2,1-2H3,(H,22,26)(H,23,27)/p+1. The fourth-order valence-corrected chi connectivity index (χ4v) is 3.18. The molecule has 2 aromatic carbocycles. The second kappa shape index (κ2) is 9.90. The molecule has 0 saturated heterocycles. The first-order chi connectivity index (χ1) is 14.9. The number of ether oxygens (including phenoxy) is 2. The highest BCUT2D eigenvalue weighted by molar-refractivity contribution is 5.93. The van der Waals surface area contributed by atoms with Crippen molar-refractivity contribution in [1.29, 1.82) is 0 Å². The topological polar surface area (TPSA) is 124 Å². The Balaban J connectivity index is 1.54. The predicted octanol–water partition coefficient (Wildman–Crippen LogP) is 1.16. The number of likely N-dealkylation sites (N-methyl/N-ethyl adjacent to an activating group) is 1. The second-order valence-corrected chi connectivity index (χ2v) is 7.17. The predicted molar refractivity (Wildman–Crippen MR) is 114 cm³/mol. The van der Waals surface area contributed by atoms with Gasteiger partial charge in [-0.1, -0.05) is 6.07 Å². The third-order valence-corrected chi connectivity index (χ3v) is 4.84. The first-order valence-corrected chi connectivity index (χ1v) is 9.93. The number of hydrogen-bond donors (Lipinski definition) is 3. The molecule has 0 radical (unpaired) electrons. The SMILES string of the molecule is CC[NH+](CC(=O)Nc1ccc2c(c1)OCCO2)CC(=O)Nc1ccc(C)c([N+](=O)[O-])c1. The number of nitro groups is 1. The molecule has 0 aliphatic carbocycles. The summed E-state index contributed by atoms with van der Waals surface area (Å²) in [6.45, 7) is 5.14. The van der Waals surface area contributed by atoms with Gasteiger partial charge in [0.05, 0.1) is 11.5 Å². The number of nitrogens with one attached hydrogen (secondary N) is 3. The zero-order valence-electron chi connectivity index (χ0n) is 17.4. The minimum atomic E-state index is -0.489. The van der Waals surface area contributed by atoms with E-state index in [2.05, 4.69) is 10.6 Å². The normalized spacial score (nSPS) is 13.2. The number of benzene rings is 2. The maximum absolute atomic E-state index is 12.4. The minimum absolute atomic E-state index is 0.0483. The van der Waals surface area contributed by atoms with E-state index < -0.39 is 4.92 Å². The molecule has 0 aromatic heterocycles. The summed E-state index contributed by atoms with van der Waals surface area (Å²) in [4.78, 5) is 36.1. The van der Waals surface area contributed by atoms with Crippen LogP contribution in [0.2, 0.25) is 0 Å². The summed E-state index contributed by atoms with van der Waals surface area (Å²) < 4.78 is 11.0. The van der Waals surface area contributed by atoms with Crippen molar-refractivity contribution >= 4 is 28.9 Å². The second-order valence-electron chi connectivity index (χ2n) is 7.17. The molecule has 1 unspecified atom stereocenters. The number of nitrogens with zero attached hydrogens (tertiary/aromatic N) is 1. The molecule has 1 aliphatic heterocycles. The van der Waals surface area contributed by atoms with Gasteiger partial charge >= 0.3 is 0 Å². The van der Waals surface area contributed by atoms with Crippen LogP contribution in [-0.4, -0.2) is 49.6 Å². The van der Waals surface area contributed by atoms with Gasteiger partial charge in [-0.2, -0.15) is 0 Å². The Kier molecular flexibility index (Phi) is 7.03. The summed E-state index contributed by atoms with van der Waals surface area (Å²) >= 11 is 0. The Labute approximate surface area is 179 Å². The molecule has 2 amide bonds. The molecule has 0 fully saturated rings. The van der Waals surface area contributed by atoms with E-state index in [1.54, 1.807) is 37.3 Å². The van der Waals surface area contributed by atoms with Crippen LogP contribution in [0.15, 0.2) is 36.4 Å². The van der Waals surface area contributed by atoms with E-state index >= 15 is 0 Å². The zero-order valence-corrected chi connectivity index (χ0v) is 17.4. The van der Waals surface area contributed by atoms with Crippen molar-refractivity contribution in [2.75, 3.05) is 43.5 Å². The zero-order chi connectivity index (χ0) is 22.4.